The lowest BCUT2D eigenvalue weighted by atomic mass is 10.1. The Hall–Kier alpha value is -1.35. The van der Waals surface area contributed by atoms with E-state index < -0.39 is 0 Å². The number of hydrogen-bond donors (Lipinski definition) is 0. The van der Waals surface area contributed by atoms with Gasteiger partial charge in [-0.1, -0.05) is 11.2 Å². The standard InChI is InChI=1S/C10H7ClFNO/c1-6-2-3-7(12)4-8(6)9-5-10(11)14-13-9/h2-5H,1H3. The van der Waals surface area contributed by atoms with Gasteiger partial charge < -0.3 is 4.52 Å². The lowest BCUT2D eigenvalue weighted by Gasteiger charge is -2.00. The van der Waals surface area contributed by atoms with Crippen molar-refractivity contribution in [3.8, 4) is 11.3 Å². The third kappa shape index (κ3) is 1.63. The first-order chi connectivity index (χ1) is 6.66. The zero-order valence-electron chi connectivity index (χ0n) is 7.42. The van der Waals surface area contributed by atoms with E-state index in [9.17, 15) is 4.39 Å². The molecule has 0 spiro atoms. The Labute approximate surface area is 85.3 Å². The summed E-state index contributed by atoms with van der Waals surface area (Å²) in [5, 5.41) is 3.91. The molecule has 0 saturated heterocycles. The van der Waals surface area contributed by atoms with Crippen LogP contribution in [-0.2, 0) is 0 Å². The van der Waals surface area contributed by atoms with Gasteiger partial charge in [-0.25, -0.2) is 4.39 Å². The SMILES string of the molecule is Cc1ccc(F)cc1-c1cc(Cl)on1. The van der Waals surface area contributed by atoms with Crippen LogP contribution in [0, 0.1) is 12.7 Å². The molecule has 0 saturated carbocycles. The van der Waals surface area contributed by atoms with Crippen molar-refractivity contribution in [3.63, 3.8) is 0 Å². The van der Waals surface area contributed by atoms with E-state index in [0.717, 1.165) is 5.56 Å². The number of benzene rings is 1. The van der Waals surface area contributed by atoms with Crippen molar-refractivity contribution in [1.29, 1.82) is 0 Å². The van der Waals surface area contributed by atoms with Crippen LogP contribution in [0.15, 0.2) is 28.8 Å². The van der Waals surface area contributed by atoms with Gasteiger partial charge in [0.15, 0.2) is 0 Å². The molecule has 1 aromatic heterocycles. The number of halogens is 2. The minimum absolute atomic E-state index is 0.198. The Bertz CT molecular complexity index is 467. The highest BCUT2D eigenvalue weighted by molar-refractivity contribution is 6.29. The highest BCUT2D eigenvalue weighted by atomic mass is 35.5. The van der Waals surface area contributed by atoms with Crippen LogP contribution in [0.2, 0.25) is 5.22 Å². The van der Waals surface area contributed by atoms with Gasteiger partial charge in [0.25, 0.3) is 0 Å². The summed E-state index contributed by atoms with van der Waals surface area (Å²) in [5.74, 6) is -0.301. The Kier molecular flexibility index (Phi) is 2.25. The topological polar surface area (TPSA) is 26.0 Å². The van der Waals surface area contributed by atoms with E-state index in [1.807, 2.05) is 6.92 Å². The van der Waals surface area contributed by atoms with Gasteiger partial charge in [-0.2, -0.15) is 0 Å². The monoisotopic (exact) mass is 211 g/mol. The predicted octanol–water partition coefficient (Wildman–Crippen LogP) is 3.44. The quantitative estimate of drug-likeness (QED) is 0.722. The number of nitrogens with zero attached hydrogens (tertiary/aromatic N) is 1. The van der Waals surface area contributed by atoms with Gasteiger partial charge in [-0.05, 0) is 36.2 Å². The molecule has 4 heteroatoms. The Morgan fingerprint density at radius 2 is 2.14 bits per heavy atom. The van der Waals surface area contributed by atoms with E-state index in [2.05, 4.69) is 5.16 Å². The summed E-state index contributed by atoms with van der Waals surface area (Å²) in [4.78, 5) is 0. The van der Waals surface area contributed by atoms with Crippen LogP contribution >= 0.6 is 11.6 Å². The predicted molar refractivity (Wildman–Crippen MR) is 51.6 cm³/mol. The average molecular weight is 212 g/mol. The van der Waals surface area contributed by atoms with Crippen molar-refractivity contribution in [3.05, 3.63) is 40.9 Å². The molecule has 14 heavy (non-hydrogen) atoms. The smallest absolute Gasteiger partial charge is 0.226 e. The minimum atomic E-state index is -0.301. The normalized spacial score (nSPS) is 10.5. The molecular weight excluding hydrogens is 205 g/mol. The van der Waals surface area contributed by atoms with Crippen molar-refractivity contribution in [2.75, 3.05) is 0 Å². The molecule has 2 aromatic rings. The molecule has 1 aromatic carbocycles. The molecule has 0 aliphatic rings. The number of rotatable bonds is 1. The zero-order chi connectivity index (χ0) is 10.1. The van der Waals surface area contributed by atoms with Crippen LogP contribution < -0.4 is 0 Å². The first-order valence-corrected chi connectivity index (χ1v) is 4.43. The van der Waals surface area contributed by atoms with Gasteiger partial charge in [0, 0.05) is 11.6 Å². The number of aryl methyl sites for hydroxylation is 1. The van der Waals surface area contributed by atoms with Crippen LogP contribution in [0.1, 0.15) is 5.56 Å². The largest absolute Gasteiger partial charge is 0.344 e. The summed E-state index contributed by atoms with van der Waals surface area (Å²) in [6.45, 7) is 1.87. The molecule has 2 nitrogen and oxygen atoms in total. The average Bonchev–Trinajstić information content (AvgIpc) is 2.56. The van der Waals surface area contributed by atoms with Crippen molar-refractivity contribution in [2.45, 2.75) is 6.92 Å². The van der Waals surface area contributed by atoms with Crippen LogP contribution in [0.5, 0.6) is 0 Å². The lowest BCUT2D eigenvalue weighted by molar-refractivity contribution is 0.424. The van der Waals surface area contributed by atoms with Gasteiger partial charge in [0.05, 0.1) is 0 Å². The van der Waals surface area contributed by atoms with E-state index in [0.29, 0.717) is 11.3 Å². The number of aromatic nitrogens is 1. The molecule has 0 fully saturated rings. The summed E-state index contributed by atoms with van der Waals surface area (Å²) >= 11 is 5.58. The highest BCUT2D eigenvalue weighted by Crippen LogP contribution is 2.25. The molecule has 0 aliphatic heterocycles. The summed E-state index contributed by atoms with van der Waals surface area (Å²) in [7, 11) is 0. The fraction of sp³-hybridized carbons (Fsp3) is 0.100. The van der Waals surface area contributed by atoms with Crippen LogP contribution in [0.3, 0.4) is 0 Å². The molecule has 0 N–H and O–H groups in total. The summed E-state index contributed by atoms with van der Waals surface area (Å²) in [5.41, 5.74) is 2.17. The molecular formula is C10H7ClFNO. The molecule has 0 atom stereocenters. The maximum Gasteiger partial charge on any atom is 0.226 e. The second-order valence-corrected chi connectivity index (χ2v) is 3.35. The number of hydrogen-bond acceptors (Lipinski definition) is 2. The second-order valence-electron chi connectivity index (χ2n) is 2.98. The van der Waals surface area contributed by atoms with E-state index >= 15 is 0 Å². The second kappa shape index (κ2) is 3.42. The van der Waals surface area contributed by atoms with Gasteiger partial charge >= 0.3 is 0 Å². The third-order valence-corrected chi connectivity index (χ3v) is 2.14. The molecule has 0 unspecified atom stereocenters. The van der Waals surface area contributed by atoms with Gasteiger partial charge in [0.2, 0.25) is 5.22 Å². The summed E-state index contributed by atoms with van der Waals surface area (Å²) < 4.78 is 17.7. The molecule has 2 rings (SSSR count). The summed E-state index contributed by atoms with van der Waals surface area (Å²) in [6.07, 6.45) is 0. The summed E-state index contributed by atoms with van der Waals surface area (Å²) in [6, 6.07) is 6.06. The van der Waals surface area contributed by atoms with Crippen LogP contribution in [0.4, 0.5) is 4.39 Å². The Balaban J connectivity index is 2.55. The first-order valence-electron chi connectivity index (χ1n) is 4.05. The maximum absolute atomic E-state index is 12.9. The minimum Gasteiger partial charge on any atom is -0.344 e. The van der Waals surface area contributed by atoms with Crippen molar-refractivity contribution < 1.29 is 8.91 Å². The first kappa shape index (κ1) is 9.21. The maximum atomic E-state index is 12.9. The fourth-order valence-corrected chi connectivity index (χ4v) is 1.39. The molecule has 0 bridgehead atoms. The Morgan fingerprint density at radius 3 is 2.79 bits per heavy atom. The van der Waals surface area contributed by atoms with Gasteiger partial charge in [0.1, 0.15) is 11.5 Å². The van der Waals surface area contributed by atoms with Crippen LogP contribution in [-0.4, -0.2) is 5.16 Å². The molecule has 0 aliphatic carbocycles. The van der Waals surface area contributed by atoms with E-state index in [1.165, 1.54) is 12.1 Å². The van der Waals surface area contributed by atoms with Crippen molar-refractivity contribution in [2.24, 2.45) is 0 Å². The lowest BCUT2D eigenvalue weighted by Crippen LogP contribution is -1.84. The highest BCUT2D eigenvalue weighted by Gasteiger charge is 2.08. The van der Waals surface area contributed by atoms with E-state index in [-0.39, 0.29) is 11.0 Å². The van der Waals surface area contributed by atoms with Crippen LogP contribution in [0.25, 0.3) is 11.3 Å². The zero-order valence-corrected chi connectivity index (χ0v) is 8.18. The van der Waals surface area contributed by atoms with E-state index in [4.69, 9.17) is 16.1 Å². The fourth-order valence-electron chi connectivity index (χ4n) is 1.25. The van der Waals surface area contributed by atoms with Crippen molar-refractivity contribution in [1.82, 2.24) is 5.16 Å². The molecule has 72 valence electrons. The third-order valence-electron chi connectivity index (χ3n) is 1.96. The van der Waals surface area contributed by atoms with Gasteiger partial charge in [-0.15, -0.1) is 0 Å². The molecule has 1 heterocycles. The van der Waals surface area contributed by atoms with E-state index in [1.54, 1.807) is 12.1 Å². The van der Waals surface area contributed by atoms with Crippen molar-refractivity contribution >= 4 is 11.6 Å². The Morgan fingerprint density at radius 1 is 1.36 bits per heavy atom. The molecule has 0 radical (unpaired) electrons. The van der Waals surface area contributed by atoms with Gasteiger partial charge in [-0.3, -0.25) is 0 Å². The molecule has 0 amide bonds.